The third-order valence-electron chi connectivity index (χ3n) is 3.22. The molecule has 1 atom stereocenters. The molecule has 104 valence electrons. The van der Waals surface area contributed by atoms with Gasteiger partial charge in [-0.2, -0.15) is 0 Å². The molecule has 1 unspecified atom stereocenters. The molecule has 0 aliphatic carbocycles. The average Bonchev–Trinajstić information content (AvgIpc) is 2.42. The van der Waals surface area contributed by atoms with E-state index in [1.807, 2.05) is 25.1 Å². The lowest BCUT2D eigenvalue weighted by Gasteiger charge is -2.17. The topological polar surface area (TPSA) is 55.2 Å². The lowest BCUT2D eigenvalue weighted by atomic mass is 10.1. The Kier molecular flexibility index (Phi) is 4.35. The molecule has 0 radical (unpaired) electrons. The highest BCUT2D eigenvalue weighted by atomic mass is 16.6. The van der Waals surface area contributed by atoms with Crippen LogP contribution >= 0.6 is 0 Å². The number of aryl methyl sites for hydroxylation is 1. The van der Waals surface area contributed by atoms with Crippen molar-refractivity contribution in [3.8, 4) is 0 Å². The fourth-order valence-electron chi connectivity index (χ4n) is 2.16. The average molecular weight is 270 g/mol. The molecule has 0 amide bonds. The zero-order chi connectivity index (χ0) is 14.5. The van der Waals surface area contributed by atoms with Gasteiger partial charge in [-0.1, -0.05) is 36.4 Å². The van der Waals surface area contributed by atoms with Gasteiger partial charge in [0.2, 0.25) is 0 Å². The van der Waals surface area contributed by atoms with Gasteiger partial charge in [-0.3, -0.25) is 10.1 Å². The molecule has 0 aromatic heterocycles. The SMILES string of the molecule is Cc1ccc([N+](=O)[O-])cc1NC(C)Cc1ccccc1. The van der Waals surface area contributed by atoms with Crippen LogP contribution in [0.25, 0.3) is 0 Å². The van der Waals surface area contributed by atoms with E-state index in [2.05, 4.69) is 24.4 Å². The van der Waals surface area contributed by atoms with E-state index < -0.39 is 0 Å². The lowest BCUT2D eigenvalue weighted by molar-refractivity contribution is -0.384. The summed E-state index contributed by atoms with van der Waals surface area (Å²) in [6, 6.07) is 15.3. The van der Waals surface area contributed by atoms with Crippen molar-refractivity contribution in [2.75, 3.05) is 5.32 Å². The number of nitrogens with zero attached hydrogens (tertiary/aromatic N) is 1. The van der Waals surface area contributed by atoms with E-state index in [0.717, 1.165) is 17.7 Å². The number of rotatable bonds is 5. The Bertz CT molecular complexity index is 597. The van der Waals surface area contributed by atoms with Gasteiger partial charge in [-0.25, -0.2) is 0 Å². The molecule has 0 aliphatic rings. The fourth-order valence-corrected chi connectivity index (χ4v) is 2.16. The van der Waals surface area contributed by atoms with Crippen molar-refractivity contribution in [1.29, 1.82) is 0 Å². The van der Waals surface area contributed by atoms with E-state index in [1.54, 1.807) is 12.1 Å². The Morgan fingerprint density at radius 1 is 1.20 bits per heavy atom. The number of hydrogen-bond acceptors (Lipinski definition) is 3. The molecular weight excluding hydrogens is 252 g/mol. The first-order valence-electron chi connectivity index (χ1n) is 6.62. The van der Waals surface area contributed by atoms with Gasteiger partial charge in [0.1, 0.15) is 0 Å². The van der Waals surface area contributed by atoms with Gasteiger partial charge < -0.3 is 5.32 Å². The van der Waals surface area contributed by atoms with Gasteiger partial charge in [-0.15, -0.1) is 0 Å². The van der Waals surface area contributed by atoms with Gasteiger partial charge >= 0.3 is 0 Å². The zero-order valence-electron chi connectivity index (χ0n) is 11.7. The van der Waals surface area contributed by atoms with Crippen LogP contribution < -0.4 is 5.32 Å². The Hall–Kier alpha value is -2.36. The van der Waals surface area contributed by atoms with Crippen LogP contribution in [0.2, 0.25) is 0 Å². The second-order valence-electron chi connectivity index (χ2n) is 4.99. The molecule has 4 heteroatoms. The molecule has 1 N–H and O–H groups in total. The van der Waals surface area contributed by atoms with Crippen LogP contribution in [0.1, 0.15) is 18.1 Å². The molecule has 0 fully saturated rings. The van der Waals surface area contributed by atoms with Crippen molar-refractivity contribution < 1.29 is 4.92 Å². The van der Waals surface area contributed by atoms with E-state index in [4.69, 9.17) is 0 Å². The number of nitro benzene ring substituents is 1. The number of non-ortho nitro benzene ring substituents is 1. The molecule has 0 saturated carbocycles. The highest BCUT2D eigenvalue weighted by Gasteiger charge is 2.10. The molecule has 20 heavy (non-hydrogen) atoms. The smallest absolute Gasteiger partial charge is 0.271 e. The van der Waals surface area contributed by atoms with Crippen LogP contribution in [0, 0.1) is 17.0 Å². The molecule has 0 aliphatic heterocycles. The predicted molar refractivity (Wildman–Crippen MR) is 81.1 cm³/mol. The Labute approximate surface area is 118 Å². The fraction of sp³-hybridized carbons (Fsp3) is 0.250. The monoisotopic (exact) mass is 270 g/mol. The van der Waals surface area contributed by atoms with Crippen molar-refractivity contribution in [2.45, 2.75) is 26.3 Å². The van der Waals surface area contributed by atoms with Gasteiger partial charge in [0.25, 0.3) is 5.69 Å². The molecule has 0 saturated heterocycles. The molecule has 0 bridgehead atoms. The van der Waals surface area contributed by atoms with E-state index in [1.165, 1.54) is 11.6 Å². The van der Waals surface area contributed by atoms with Crippen LogP contribution in [-0.2, 0) is 6.42 Å². The predicted octanol–water partition coefficient (Wildman–Crippen LogP) is 3.95. The van der Waals surface area contributed by atoms with E-state index >= 15 is 0 Å². The Balaban J connectivity index is 2.09. The van der Waals surface area contributed by atoms with E-state index in [0.29, 0.717) is 0 Å². The van der Waals surface area contributed by atoms with Crippen molar-refractivity contribution in [3.05, 3.63) is 69.8 Å². The molecule has 0 spiro atoms. The minimum Gasteiger partial charge on any atom is -0.382 e. The second-order valence-corrected chi connectivity index (χ2v) is 4.99. The van der Waals surface area contributed by atoms with Gasteiger partial charge in [-0.05, 0) is 31.4 Å². The quantitative estimate of drug-likeness (QED) is 0.661. The van der Waals surface area contributed by atoms with Gasteiger partial charge in [0, 0.05) is 23.9 Å². The minimum atomic E-state index is -0.369. The Morgan fingerprint density at radius 3 is 2.55 bits per heavy atom. The van der Waals surface area contributed by atoms with Crippen LogP contribution in [0.4, 0.5) is 11.4 Å². The summed E-state index contributed by atoms with van der Waals surface area (Å²) >= 11 is 0. The third-order valence-corrected chi connectivity index (χ3v) is 3.22. The van der Waals surface area contributed by atoms with E-state index in [-0.39, 0.29) is 16.7 Å². The maximum absolute atomic E-state index is 10.8. The van der Waals surface area contributed by atoms with Gasteiger partial charge in [0.15, 0.2) is 0 Å². The number of nitro groups is 1. The molecule has 0 heterocycles. The normalized spacial score (nSPS) is 11.9. The Morgan fingerprint density at radius 2 is 1.90 bits per heavy atom. The van der Waals surface area contributed by atoms with Crippen LogP contribution in [0.3, 0.4) is 0 Å². The van der Waals surface area contributed by atoms with Crippen molar-refractivity contribution in [2.24, 2.45) is 0 Å². The first-order valence-corrected chi connectivity index (χ1v) is 6.62. The first-order chi connectivity index (χ1) is 9.56. The first kappa shape index (κ1) is 14.1. The van der Waals surface area contributed by atoms with Crippen LogP contribution in [-0.4, -0.2) is 11.0 Å². The molecule has 2 aromatic rings. The molecular formula is C16H18N2O2. The maximum Gasteiger partial charge on any atom is 0.271 e. The summed E-state index contributed by atoms with van der Waals surface area (Å²) in [7, 11) is 0. The zero-order valence-corrected chi connectivity index (χ0v) is 11.7. The number of nitrogens with one attached hydrogen (secondary N) is 1. The van der Waals surface area contributed by atoms with E-state index in [9.17, 15) is 10.1 Å². The summed E-state index contributed by atoms with van der Waals surface area (Å²) in [5.74, 6) is 0. The summed E-state index contributed by atoms with van der Waals surface area (Å²) in [6.07, 6.45) is 0.878. The molecule has 2 rings (SSSR count). The van der Waals surface area contributed by atoms with Crippen molar-refractivity contribution >= 4 is 11.4 Å². The third kappa shape index (κ3) is 3.57. The van der Waals surface area contributed by atoms with Crippen molar-refractivity contribution in [3.63, 3.8) is 0 Å². The standard InChI is InChI=1S/C16H18N2O2/c1-12-8-9-15(18(19)20)11-16(12)17-13(2)10-14-6-4-3-5-7-14/h3-9,11,13,17H,10H2,1-2H3. The maximum atomic E-state index is 10.8. The summed E-state index contributed by atoms with van der Waals surface area (Å²) in [4.78, 5) is 10.5. The number of benzene rings is 2. The summed E-state index contributed by atoms with van der Waals surface area (Å²) in [5, 5.41) is 14.2. The van der Waals surface area contributed by atoms with Crippen LogP contribution in [0.5, 0.6) is 0 Å². The van der Waals surface area contributed by atoms with Gasteiger partial charge in [0.05, 0.1) is 4.92 Å². The minimum absolute atomic E-state index is 0.116. The highest BCUT2D eigenvalue weighted by molar-refractivity contribution is 5.57. The summed E-state index contributed by atoms with van der Waals surface area (Å²) in [6.45, 7) is 4.02. The molecule has 4 nitrogen and oxygen atoms in total. The lowest BCUT2D eigenvalue weighted by Crippen LogP contribution is -2.18. The number of anilines is 1. The summed E-state index contributed by atoms with van der Waals surface area (Å²) < 4.78 is 0. The highest BCUT2D eigenvalue weighted by Crippen LogP contribution is 2.23. The number of hydrogen-bond donors (Lipinski definition) is 1. The molecule has 2 aromatic carbocycles. The van der Waals surface area contributed by atoms with Crippen molar-refractivity contribution in [1.82, 2.24) is 0 Å². The van der Waals surface area contributed by atoms with Crippen LogP contribution in [0.15, 0.2) is 48.5 Å². The second kappa shape index (κ2) is 6.19. The summed E-state index contributed by atoms with van der Waals surface area (Å²) in [5.41, 5.74) is 3.19. The largest absolute Gasteiger partial charge is 0.382 e.